The van der Waals surface area contributed by atoms with E-state index in [0.717, 1.165) is 38.4 Å². The van der Waals surface area contributed by atoms with Gasteiger partial charge in [0.15, 0.2) is 0 Å². The number of carbonyl (C=O) groups is 1. The van der Waals surface area contributed by atoms with Crippen LogP contribution in [0.5, 0.6) is 0 Å². The van der Waals surface area contributed by atoms with Crippen molar-refractivity contribution in [2.75, 3.05) is 39.4 Å². The van der Waals surface area contributed by atoms with E-state index in [-0.39, 0.29) is 11.3 Å². The molecule has 4 nitrogen and oxygen atoms in total. The molecule has 1 aliphatic heterocycles. The van der Waals surface area contributed by atoms with Gasteiger partial charge < -0.3 is 10.1 Å². The highest BCUT2D eigenvalue weighted by Gasteiger charge is 2.16. The molecule has 2 rings (SSSR count). The van der Waals surface area contributed by atoms with Gasteiger partial charge in [0.1, 0.15) is 0 Å². The maximum Gasteiger partial charge on any atom is 0.251 e. The molecule has 1 heterocycles. The van der Waals surface area contributed by atoms with Gasteiger partial charge >= 0.3 is 0 Å². The first-order chi connectivity index (χ1) is 9.97. The number of amides is 1. The quantitative estimate of drug-likeness (QED) is 0.923. The van der Waals surface area contributed by atoms with Gasteiger partial charge in [0, 0.05) is 31.7 Å². The molecule has 1 aliphatic rings. The highest BCUT2D eigenvalue weighted by atomic mass is 16.5. The molecule has 0 atom stereocenters. The Morgan fingerprint density at radius 2 is 2.00 bits per heavy atom. The molecule has 0 unspecified atom stereocenters. The van der Waals surface area contributed by atoms with Crippen molar-refractivity contribution in [3.05, 3.63) is 35.4 Å². The van der Waals surface area contributed by atoms with E-state index in [1.165, 1.54) is 5.56 Å². The predicted molar refractivity (Wildman–Crippen MR) is 84.7 cm³/mol. The van der Waals surface area contributed by atoms with Crippen molar-refractivity contribution < 1.29 is 9.53 Å². The maximum absolute atomic E-state index is 12.2. The van der Waals surface area contributed by atoms with Gasteiger partial charge in [-0.05, 0) is 23.1 Å². The lowest BCUT2D eigenvalue weighted by Gasteiger charge is -2.26. The standard InChI is InChI=1S/C17H26N2O2/c1-17(2,3)15-6-4-5-14(13-15)16(20)18-7-8-19-9-11-21-12-10-19/h4-6,13H,7-12H2,1-3H3,(H,18,20). The molecular formula is C17H26N2O2. The summed E-state index contributed by atoms with van der Waals surface area (Å²) >= 11 is 0. The number of nitrogens with one attached hydrogen (secondary N) is 1. The summed E-state index contributed by atoms with van der Waals surface area (Å²) in [5.41, 5.74) is 1.98. The summed E-state index contributed by atoms with van der Waals surface area (Å²) in [5.74, 6) is 0.00867. The van der Waals surface area contributed by atoms with Crippen molar-refractivity contribution in [2.45, 2.75) is 26.2 Å². The number of rotatable bonds is 4. The third-order valence-electron chi connectivity index (χ3n) is 3.81. The molecular weight excluding hydrogens is 264 g/mol. The Balaban J connectivity index is 1.85. The van der Waals surface area contributed by atoms with E-state index >= 15 is 0 Å². The third-order valence-corrected chi connectivity index (χ3v) is 3.81. The number of hydrogen-bond donors (Lipinski definition) is 1. The van der Waals surface area contributed by atoms with Gasteiger partial charge in [-0.1, -0.05) is 32.9 Å². The summed E-state index contributed by atoms with van der Waals surface area (Å²) in [4.78, 5) is 14.5. The van der Waals surface area contributed by atoms with Gasteiger partial charge in [-0.3, -0.25) is 9.69 Å². The number of morpholine rings is 1. The zero-order valence-corrected chi connectivity index (χ0v) is 13.3. The minimum absolute atomic E-state index is 0.00867. The Kier molecular flexibility index (Phi) is 5.37. The van der Waals surface area contributed by atoms with Crippen LogP contribution in [-0.4, -0.2) is 50.2 Å². The van der Waals surface area contributed by atoms with Gasteiger partial charge in [0.25, 0.3) is 5.91 Å². The van der Waals surface area contributed by atoms with E-state index in [9.17, 15) is 4.79 Å². The summed E-state index contributed by atoms with van der Waals surface area (Å²) in [6, 6.07) is 7.89. The fourth-order valence-electron chi connectivity index (χ4n) is 2.38. The average Bonchev–Trinajstić information content (AvgIpc) is 2.47. The van der Waals surface area contributed by atoms with Crippen LogP contribution in [0.1, 0.15) is 36.7 Å². The van der Waals surface area contributed by atoms with Gasteiger partial charge in [-0.2, -0.15) is 0 Å². The Hall–Kier alpha value is -1.39. The first-order valence-electron chi connectivity index (χ1n) is 7.66. The molecule has 0 bridgehead atoms. The van der Waals surface area contributed by atoms with E-state index in [1.807, 2.05) is 18.2 Å². The normalized spacial score (nSPS) is 16.7. The van der Waals surface area contributed by atoms with Crippen molar-refractivity contribution in [1.29, 1.82) is 0 Å². The number of carbonyl (C=O) groups excluding carboxylic acids is 1. The molecule has 0 radical (unpaired) electrons. The van der Waals surface area contributed by atoms with Crippen LogP contribution in [-0.2, 0) is 10.2 Å². The lowest BCUT2D eigenvalue weighted by Crippen LogP contribution is -2.41. The Morgan fingerprint density at radius 1 is 1.29 bits per heavy atom. The largest absolute Gasteiger partial charge is 0.379 e. The highest BCUT2D eigenvalue weighted by Crippen LogP contribution is 2.22. The zero-order valence-electron chi connectivity index (χ0n) is 13.3. The number of ether oxygens (including phenoxy) is 1. The minimum atomic E-state index is 0.00867. The molecule has 0 spiro atoms. The Bertz CT molecular complexity index is 474. The SMILES string of the molecule is CC(C)(C)c1cccc(C(=O)NCCN2CCOCC2)c1. The Labute approximate surface area is 127 Å². The van der Waals surface area contributed by atoms with Crippen LogP contribution in [0.4, 0.5) is 0 Å². The fourth-order valence-corrected chi connectivity index (χ4v) is 2.38. The van der Waals surface area contributed by atoms with Gasteiger partial charge in [0.05, 0.1) is 13.2 Å². The van der Waals surface area contributed by atoms with E-state index < -0.39 is 0 Å². The molecule has 1 N–H and O–H groups in total. The molecule has 4 heteroatoms. The van der Waals surface area contributed by atoms with Crippen molar-refractivity contribution in [1.82, 2.24) is 10.2 Å². The average molecular weight is 290 g/mol. The van der Waals surface area contributed by atoms with E-state index in [4.69, 9.17) is 4.74 Å². The first-order valence-corrected chi connectivity index (χ1v) is 7.66. The topological polar surface area (TPSA) is 41.6 Å². The fraction of sp³-hybridized carbons (Fsp3) is 0.588. The van der Waals surface area contributed by atoms with Crippen molar-refractivity contribution in [2.24, 2.45) is 0 Å². The number of benzene rings is 1. The molecule has 1 saturated heterocycles. The van der Waals surface area contributed by atoms with Crippen LogP contribution in [0, 0.1) is 0 Å². The van der Waals surface area contributed by atoms with E-state index in [0.29, 0.717) is 6.54 Å². The highest BCUT2D eigenvalue weighted by molar-refractivity contribution is 5.94. The Morgan fingerprint density at radius 3 is 2.67 bits per heavy atom. The summed E-state index contributed by atoms with van der Waals surface area (Å²) in [7, 11) is 0. The second kappa shape index (κ2) is 7.05. The van der Waals surface area contributed by atoms with Crippen molar-refractivity contribution in [3.63, 3.8) is 0 Å². The molecule has 1 aromatic carbocycles. The maximum atomic E-state index is 12.2. The zero-order chi connectivity index (χ0) is 15.3. The van der Waals surface area contributed by atoms with Crippen LogP contribution in [0.2, 0.25) is 0 Å². The van der Waals surface area contributed by atoms with E-state index in [1.54, 1.807) is 0 Å². The molecule has 1 aromatic rings. The molecule has 116 valence electrons. The van der Waals surface area contributed by atoms with Gasteiger partial charge in [-0.25, -0.2) is 0 Å². The van der Waals surface area contributed by atoms with Crippen molar-refractivity contribution >= 4 is 5.91 Å². The van der Waals surface area contributed by atoms with Gasteiger partial charge in [0.2, 0.25) is 0 Å². The minimum Gasteiger partial charge on any atom is -0.379 e. The van der Waals surface area contributed by atoms with Crippen LogP contribution in [0.15, 0.2) is 24.3 Å². The van der Waals surface area contributed by atoms with Crippen LogP contribution >= 0.6 is 0 Å². The third kappa shape index (κ3) is 4.83. The molecule has 0 aromatic heterocycles. The smallest absolute Gasteiger partial charge is 0.251 e. The van der Waals surface area contributed by atoms with Crippen LogP contribution in [0.3, 0.4) is 0 Å². The summed E-state index contributed by atoms with van der Waals surface area (Å²) in [5, 5.41) is 3.00. The molecule has 0 aliphatic carbocycles. The summed E-state index contributed by atoms with van der Waals surface area (Å²) in [6.07, 6.45) is 0. The first kappa shape index (κ1) is 16.0. The van der Waals surface area contributed by atoms with E-state index in [2.05, 4.69) is 37.1 Å². The molecule has 21 heavy (non-hydrogen) atoms. The number of hydrogen-bond acceptors (Lipinski definition) is 3. The lowest BCUT2D eigenvalue weighted by atomic mass is 9.86. The summed E-state index contributed by atoms with van der Waals surface area (Å²) < 4.78 is 5.31. The second-order valence-corrected chi connectivity index (χ2v) is 6.54. The molecule has 0 saturated carbocycles. The van der Waals surface area contributed by atoms with Crippen LogP contribution < -0.4 is 5.32 Å². The lowest BCUT2D eigenvalue weighted by molar-refractivity contribution is 0.0383. The van der Waals surface area contributed by atoms with Crippen molar-refractivity contribution in [3.8, 4) is 0 Å². The van der Waals surface area contributed by atoms with Crippen LogP contribution in [0.25, 0.3) is 0 Å². The number of nitrogens with zero attached hydrogens (tertiary/aromatic N) is 1. The monoisotopic (exact) mass is 290 g/mol. The summed E-state index contributed by atoms with van der Waals surface area (Å²) in [6.45, 7) is 11.5. The predicted octanol–water partition coefficient (Wildman–Crippen LogP) is 2.05. The second-order valence-electron chi connectivity index (χ2n) is 6.54. The van der Waals surface area contributed by atoms with Gasteiger partial charge in [-0.15, -0.1) is 0 Å². The molecule has 1 fully saturated rings. The molecule has 1 amide bonds.